The van der Waals surface area contributed by atoms with Crippen molar-refractivity contribution in [3.8, 4) is 11.5 Å². The zero-order valence-corrected chi connectivity index (χ0v) is 13.3. The summed E-state index contributed by atoms with van der Waals surface area (Å²) in [5, 5.41) is 5.64. The van der Waals surface area contributed by atoms with Crippen molar-refractivity contribution in [3.63, 3.8) is 0 Å². The number of sulfone groups is 1. The topological polar surface area (TPSA) is 94.2 Å². The quantitative estimate of drug-likeness (QED) is 0.795. The Morgan fingerprint density at radius 3 is 2.45 bits per heavy atom. The van der Waals surface area contributed by atoms with Crippen molar-refractivity contribution in [2.45, 2.75) is 18.6 Å². The number of aromatic amines is 1. The molecule has 2 rings (SSSR count). The van der Waals surface area contributed by atoms with Crippen LogP contribution in [0.3, 0.4) is 0 Å². The Kier molecular flexibility index (Phi) is 5.37. The summed E-state index contributed by atoms with van der Waals surface area (Å²) in [6, 6.07) is 6.98. The van der Waals surface area contributed by atoms with Gasteiger partial charge < -0.3 is 9.47 Å². The molecule has 0 bridgehead atoms. The fourth-order valence-electron chi connectivity index (χ4n) is 2.08. The summed E-state index contributed by atoms with van der Waals surface area (Å²) >= 11 is 0. The summed E-state index contributed by atoms with van der Waals surface area (Å²) in [6.45, 7) is 1.88. The van der Waals surface area contributed by atoms with Gasteiger partial charge in [-0.1, -0.05) is 6.92 Å². The second kappa shape index (κ2) is 7.26. The van der Waals surface area contributed by atoms with Gasteiger partial charge in [-0.2, -0.15) is 5.10 Å². The van der Waals surface area contributed by atoms with E-state index in [1.54, 1.807) is 38.3 Å². The van der Waals surface area contributed by atoms with E-state index in [1.807, 2.05) is 0 Å². The molecule has 1 N–H and O–H groups in total. The highest BCUT2D eigenvalue weighted by Crippen LogP contribution is 2.23. The van der Waals surface area contributed by atoms with Crippen molar-refractivity contribution in [3.05, 3.63) is 36.4 Å². The SMILES string of the molecule is CCC(c1ncn[nH]1)S(=O)(=O)CCOc1ccc(OC)cc1. The van der Waals surface area contributed by atoms with Crippen LogP contribution in [0.5, 0.6) is 11.5 Å². The van der Waals surface area contributed by atoms with Gasteiger partial charge in [0.2, 0.25) is 0 Å². The van der Waals surface area contributed by atoms with Crippen LogP contribution < -0.4 is 9.47 Å². The zero-order chi connectivity index (χ0) is 16.0. The molecule has 7 nitrogen and oxygen atoms in total. The van der Waals surface area contributed by atoms with E-state index in [1.165, 1.54) is 6.33 Å². The van der Waals surface area contributed by atoms with Gasteiger partial charge in [0.25, 0.3) is 0 Å². The number of methoxy groups -OCH3 is 1. The van der Waals surface area contributed by atoms with Gasteiger partial charge in [-0.25, -0.2) is 13.4 Å². The molecule has 0 aliphatic carbocycles. The molecule has 120 valence electrons. The van der Waals surface area contributed by atoms with Crippen molar-refractivity contribution >= 4 is 9.84 Å². The molecule has 0 amide bonds. The van der Waals surface area contributed by atoms with Crippen LogP contribution in [0, 0.1) is 0 Å². The molecule has 0 fully saturated rings. The van der Waals surface area contributed by atoms with E-state index in [4.69, 9.17) is 9.47 Å². The molecule has 0 saturated heterocycles. The first kappa shape index (κ1) is 16.3. The second-order valence-corrected chi connectivity index (χ2v) is 6.96. The fraction of sp³-hybridized carbons (Fsp3) is 0.429. The first-order chi connectivity index (χ1) is 10.6. The predicted octanol–water partition coefficient (Wildman–Crippen LogP) is 1.76. The molecule has 0 spiro atoms. The van der Waals surface area contributed by atoms with Crippen molar-refractivity contribution < 1.29 is 17.9 Å². The van der Waals surface area contributed by atoms with Crippen LogP contribution >= 0.6 is 0 Å². The highest BCUT2D eigenvalue weighted by atomic mass is 32.2. The monoisotopic (exact) mass is 325 g/mol. The van der Waals surface area contributed by atoms with E-state index in [2.05, 4.69) is 15.2 Å². The van der Waals surface area contributed by atoms with E-state index in [9.17, 15) is 8.42 Å². The molecule has 8 heteroatoms. The molecule has 0 aliphatic heterocycles. The number of aromatic nitrogens is 3. The van der Waals surface area contributed by atoms with Gasteiger partial charge in [-0.15, -0.1) is 0 Å². The van der Waals surface area contributed by atoms with Gasteiger partial charge in [0.15, 0.2) is 9.84 Å². The fourth-order valence-corrected chi connectivity index (χ4v) is 3.64. The van der Waals surface area contributed by atoms with Gasteiger partial charge >= 0.3 is 0 Å². The van der Waals surface area contributed by atoms with Crippen LogP contribution in [0.4, 0.5) is 0 Å². The lowest BCUT2D eigenvalue weighted by Gasteiger charge is -2.13. The van der Waals surface area contributed by atoms with Gasteiger partial charge in [0.1, 0.15) is 35.5 Å². The molecular formula is C14H19N3O4S. The average molecular weight is 325 g/mol. The van der Waals surface area contributed by atoms with Crippen molar-refractivity contribution in [1.29, 1.82) is 0 Å². The number of nitrogens with one attached hydrogen (secondary N) is 1. The third-order valence-corrected chi connectivity index (χ3v) is 5.40. The lowest BCUT2D eigenvalue weighted by atomic mass is 10.3. The summed E-state index contributed by atoms with van der Waals surface area (Å²) < 4.78 is 35.2. The van der Waals surface area contributed by atoms with Crippen molar-refractivity contribution in [2.75, 3.05) is 19.5 Å². The van der Waals surface area contributed by atoms with E-state index in [0.717, 1.165) is 5.75 Å². The molecule has 0 aliphatic rings. The molecular weight excluding hydrogens is 306 g/mol. The number of hydrogen-bond donors (Lipinski definition) is 1. The summed E-state index contributed by atoms with van der Waals surface area (Å²) in [4.78, 5) is 3.94. The highest BCUT2D eigenvalue weighted by molar-refractivity contribution is 7.91. The number of nitrogens with zero attached hydrogens (tertiary/aromatic N) is 2. The molecule has 1 unspecified atom stereocenters. The maximum absolute atomic E-state index is 12.4. The Hall–Kier alpha value is -2.09. The van der Waals surface area contributed by atoms with Crippen LogP contribution in [0.25, 0.3) is 0 Å². The van der Waals surface area contributed by atoms with Crippen molar-refractivity contribution in [2.24, 2.45) is 0 Å². The average Bonchev–Trinajstić information content (AvgIpc) is 3.02. The Morgan fingerprint density at radius 1 is 1.23 bits per heavy atom. The summed E-state index contributed by atoms with van der Waals surface area (Å²) in [7, 11) is -1.78. The Labute approximate surface area is 129 Å². The Morgan fingerprint density at radius 2 is 1.91 bits per heavy atom. The van der Waals surface area contributed by atoms with Gasteiger partial charge in [0, 0.05) is 0 Å². The van der Waals surface area contributed by atoms with E-state index in [-0.39, 0.29) is 12.4 Å². The van der Waals surface area contributed by atoms with Crippen molar-refractivity contribution in [1.82, 2.24) is 15.2 Å². The molecule has 0 radical (unpaired) electrons. The number of hydrogen-bond acceptors (Lipinski definition) is 6. The molecule has 0 saturated carbocycles. The molecule has 2 aromatic rings. The number of rotatable bonds is 8. The van der Waals surface area contributed by atoms with Crippen LogP contribution in [0.2, 0.25) is 0 Å². The lowest BCUT2D eigenvalue weighted by molar-refractivity contribution is 0.339. The molecule has 1 atom stereocenters. The Bertz CT molecular complexity index is 669. The highest BCUT2D eigenvalue weighted by Gasteiger charge is 2.27. The first-order valence-corrected chi connectivity index (χ1v) is 8.62. The first-order valence-electron chi connectivity index (χ1n) is 6.90. The Balaban J connectivity index is 1.94. The normalized spacial score (nSPS) is 12.8. The summed E-state index contributed by atoms with van der Waals surface area (Å²) in [5.41, 5.74) is 0. The number of benzene rings is 1. The largest absolute Gasteiger partial charge is 0.497 e. The number of ether oxygens (including phenoxy) is 2. The van der Waals surface area contributed by atoms with Crippen LogP contribution in [0.15, 0.2) is 30.6 Å². The van der Waals surface area contributed by atoms with Crippen LogP contribution in [-0.4, -0.2) is 43.1 Å². The van der Waals surface area contributed by atoms with E-state index in [0.29, 0.717) is 18.0 Å². The third kappa shape index (κ3) is 3.97. The molecule has 1 aromatic carbocycles. The van der Waals surface area contributed by atoms with Gasteiger partial charge in [-0.05, 0) is 30.7 Å². The molecule has 1 heterocycles. The second-order valence-electron chi connectivity index (χ2n) is 4.66. The van der Waals surface area contributed by atoms with E-state index >= 15 is 0 Å². The minimum absolute atomic E-state index is 0.0826. The van der Waals surface area contributed by atoms with Gasteiger partial charge in [-0.3, -0.25) is 5.10 Å². The molecule has 1 aromatic heterocycles. The minimum atomic E-state index is -3.36. The standard InChI is InChI=1S/C14H19N3O4S/c1-3-13(14-15-10-16-17-14)22(18,19)9-8-21-12-6-4-11(20-2)5-7-12/h4-7,10,13H,3,8-9H2,1-2H3,(H,15,16,17). The van der Waals surface area contributed by atoms with Crippen LogP contribution in [0.1, 0.15) is 24.4 Å². The molecule has 22 heavy (non-hydrogen) atoms. The van der Waals surface area contributed by atoms with Crippen LogP contribution in [-0.2, 0) is 9.84 Å². The minimum Gasteiger partial charge on any atom is -0.497 e. The number of H-pyrrole nitrogens is 1. The maximum Gasteiger partial charge on any atom is 0.163 e. The smallest absolute Gasteiger partial charge is 0.163 e. The summed E-state index contributed by atoms with van der Waals surface area (Å²) in [6.07, 6.45) is 1.74. The third-order valence-electron chi connectivity index (χ3n) is 3.24. The van der Waals surface area contributed by atoms with Gasteiger partial charge in [0.05, 0.1) is 12.9 Å². The zero-order valence-electron chi connectivity index (χ0n) is 12.5. The predicted molar refractivity (Wildman–Crippen MR) is 81.7 cm³/mol. The van der Waals surface area contributed by atoms with E-state index < -0.39 is 15.1 Å². The summed E-state index contributed by atoms with van der Waals surface area (Å²) in [5.74, 6) is 1.60. The lowest BCUT2D eigenvalue weighted by Crippen LogP contribution is -2.21. The maximum atomic E-state index is 12.4.